The molecule has 1 heterocycles. The molecule has 1 unspecified atom stereocenters. The Bertz CT molecular complexity index is 413. The number of ether oxygens (including phenoxy) is 2. The molecule has 0 saturated heterocycles. The minimum atomic E-state index is 0.379. The van der Waals surface area contributed by atoms with Crippen LogP contribution in [0.3, 0.4) is 0 Å². The standard InChI is InChI=1S/C15H21NO2/c1-11(16-13-4-2-3-5-13)12-6-7-14-15(10-12)18-9-8-17-14/h6-7,10-11,13,16H,2-5,8-9H2,1H3. The van der Waals surface area contributed by atoms with E-state index in [2.05, 4.69) is 24.4 Å². The fraction of sp³-hybridized carbons (Fsp3) is 0.600. The molecule has 0 bridgehead atoms. The monoisotopic (exact) mass is 247 g/mol. The molecule has 2 aliphatic rings. The van der Waals surface area contributed by atoms with E-state index in [1.54, 1.807) is 0 Å². The maximum atomic E-state index is 5.63. The first-order valence-corrected chi connectivity index (χ1v) is 6.98. The third-order valence-corrected chi connectivity index (χ3v) is 3.91. The van der Waals surface area contributed by atoms with Gasteiger partial charge in [0.2, 0.25) is 0 Å². The van der Waals surface area contributed by atoms with E-state index in [9.17, 15) is 0 Å². The summed E-state index contributed by atoms with van der Waals surface area (Å²) in [5, 5.41) is 3.71. The Balaban J connectivity index is 1.70. The minimum absolute atomic E-state index is 0.379. The summed E-state index contributed by atoms with van der Waals surface area (Å²) < 4.78 is 11.2. The van der Waals surface area contributed by atoms with Crippen molar-refractivity contribution in [3.8, 4) is 11.5 Å². The lowest BCUT2D eigenvalue weighted by atomic mass is 10.1. The Morgan fingerprint density at radius 2 is 1.83 bits per heavy atom. The molecule has 1 N–H and O–H groups in total. The molecule has 3 rings (SSSR count). The number of nitrogens with one attached hydrogen (secondary N) is 1. The van der Waals surface area contributed by atoms with Gasteiger partial charge in [-0.05, 0) is 37.5 Å². The van der Waals surface area contributed by atoms with Crippen LogP contribution in [0.25, 0.3) is 0 Å². The van der Waals surface area contributed by atoms with Crippen molar-refractivity contribution in [2.75, 3.05) is 13.2 Å². The largest absolute Gasteiger partial charge is 0.486 e. The average Bonchev–Trinajstić information content (AvgIpc) is 2.91. The smallest absolute Gasteiger partial charge is 0.161 e. The molecule has 0 aromatic heterocycles. The molecule has 3 nitrogen and oxygen atoms in total. The fourth-order valence-corrected chi connectivity index (χ4v) is 2.87. The lowest BCUT2D eigenvalue weighted by Crippen LogP contribution is -2.29. The molecular weight excluding hydrogens is 226 g/mol. The van der Waals surface area contributed by atoms with E-state index in [-0.39, 0.29) is 0 Å². The van der Waals surface area contributed by atoms with Crippen LogP contribution in [0.1, 0.15) is 44.2 Å². The van der Waals surface area contributed by atoms with Gasteiger partial charge in [-0.1, -0.05) is 18.9 Å². The van der Waals surface area contributed by atoms with E-state index >= 15 is 0 Å². The summed E-state index contributed by atoms with van der Waals surface area (Å²) in [6.07, 6.45) is 5.36. The molecule has 0 spiro atoms. The summed E-state index contributed by atoms with van der Waals surface area (Å²) in [4.78, 5) is 0. The number of hydrogen-bond donors (Lipinski definition) is 1. The van der Waals surface area contributed by atoms with Gasteiger partial charge in [-0.3, -0.25) is 0 Å². The maximum absolute atomic E-state index is 5.63. The highest BCUT2D eigenvalue weighted by molar-refractivity contribution is 5.44. The molecule has 1 fully saturated rings. The minimum Gasteiger partial charge on any atom is -0.486 e. The highest BCUT2D eigenvalue weighted by atomic mass is 16.6. The third-order valence-electron chi connectivity index (χ3n) is 3.91. The van der Waals surface area contributed by atoms with E-state index in [0.717, 1.165) is 11.5 Å². The number of hydrogen-bond acceptors (Lipinski definition) is 3. The highest BCUT2D eigenvalue weighted by Crippen LogP contribution is 2.33. The van der Waals surface area contributed by atoms with Crippen LogP contribution >= 0.6 is 0 Å². The fourth-order valence-electron chi connectivity index (χ4n) is 2.87. The SMILES string of the molecule is CC(NC1CCCC1)c1ccc2c(c1)OCCO2. The van der Waals surface area contributed by atoms with E-state index in [0.29, 0.717) is 25.3 Å². The molecular formula is C15H21NO2. The molecule has 1 aliphatic heterocycles. The van der Waals surface area contributed by atoms with Gasteiger partial charge < -0.3 is 14.8 Å². The van der Waals surface area contributed by atoms with E-state index in [1.807, 2.05) is 6.07 Å². The predicted octanol–water partition coefficient (Wildman–Crippen LogP) is 3.05. The van der Waals surface area contributed by atoms with Crippen molar-refractivity contribution in [3.05, 3.63) is 23.8 Å². The van der Waals surface area contributed by atoms with Gasteiger partial charge in [-0.2, -0.15) is 0 Å². The van der Waals surface area contributed by atoms with Gasteiger partial charge in [-0.15, -0.1) is 0 Å². The van der Waals surface area contributed by atoms with Crippen molar-refractivity contribution in [2.45, 2.75) is 44.7 Å². The molecule has 98 valence electrons. The van der Waals surface area contributed by atoms with Crippen LogP contribution in [0.2, 0.25) is 0 Å². The number of fused-ring (bicyclic) bond motifs is 1. The summed E-state index contributed by atoms with van der Waals surface area (Å²) in [5.41, 5.74) is 1.28. The maximum Gasteiger partial charge on any atom is 0.161 e. The van der Waals surface area contributed by atoms with Gasteiger partial charge in [-0.25, -0.2) is 0 Å². The van der Waals surface area contributed by atoms with Crippen LogP contribution < -0.4 is 14.8 Å². The molecule has 1 aliphatic carbocycles. The second kappa shape index (κ2) is 5.19. The van der Waals surface area contributed by atoms with Crippen molar-refractivity contribution in [1.29, 1.82) is 0 Å². The van der Waals surface area contributed by atoms with E-state index in [4.69, 9.17) is 9.47 Å². The quantitative estimate of drug-likeness (QED) is 0.890. The number of benzene rings is 1. The molecule has 1 atom stereocenters. The first-order valence-electron chi connectivity index (χ1n) is 6.98. The van der Waals surface area contributed by atoms with Crippen molar-refractivity contribution < 1.29 is 9.47 Å². The van der Waals surface area contributed by atoms with Crippen molar-refractivity contribution in [3.63, 3.8) is 0 Å². The molecule has 0 radical (unpaired) electrons. The van der Waals surface area contributed by atoms with E-state index in [1.165, 1.54) is 31.2 Å². The average molecular weight is 247 g/mol. The first kappa shape index (κ1) is 11.8. The highest BCUT2D eigenvalue weighted by Gasteiger charge is 2.19. The molecule has 3 heteroatoms. The van der Waals surface area contributed by atoms with Gasteiger partial charge in [0.1, 0.15) is 13.2 Å². The number of rotatable bonds is 3. The summed E-state index contributed by atoms with van der Waals surface area (Å²) in [6, 6.07) is 7.34. The van der Waals surface area contributed by atoms with Crippen LogP contribution in [-0.4, -0.2) is 19.3 Å². The van der Waals surface area contributed by atoms with Gasteiger partial charge in [0.15, 0.2) is 11.5 Å². The Kier molecular flexibility index (Phi) is 3.41. The molecule has 1 saturated carbocycles. The van der Waals surface area contributed by atoms with Crippen LogP contribution in [0, 0.1) is 0 Å². The first-order chi connectivity index (χ1) is 8.83. The summed E-state index contributed by atoms with van der Waals surface area (Å²) >= 11 is 0. The van der Waals surface area contributed by atoms with Crippen LogP contribution in [-0.2, 0) is 0 Å². The zero-order valence-corrected chi connectivity index (χ0v) is 10.9. The van der Waals surface area contributed by atoms with Crippen molar-refractivity contribution >= 4 is 0 Å². The van der Waals surface area contributed by atoms with Crippen LogP contribution in [0.15, 0.2) is 18.2 Å². The van der Waals surface area contributed by atoms with Gasteiger partial charge in [0.25, 0.3) is 0 Å². The van der Waals surface area contributed by atoms with Gasteiger partial charge >= 0.3 is 0 Å². The molecule has 18 heavy (non-hydrogen) atoms. The second-order valence-electron chi connectivity index (χ2n) is 5.27. The summed E-state index contributed by atoms with van der Waals surface area (Å²) in [7, 11) is 0. The van der Waals surface area contributed by atoms with Gasteiger partial charge in [0.05, 0.1) is 0 Å². The van der Waals surface area contributed by atoms with E-state index < -0.39 is 0 Å². The lowest BCUT2D eigenvalue weighted by Gasteiger charge is -2.23. The summed E-state index contributed by atoms with van der Waals surface area (Å²) in [6.45, 7) is 3.53. The summed E-state index contributed by atoms with van der Waals surface area (Å²) in [5.74, 6) is 1.76. The third kappa shape index (κ3) is 2.46. The van der Waals surface area contributed by atoms with Crippen molar-refractivity contribution in [2.24, 2.45) is 0 Å². The Hall–Kier alpha value is -1.22. The van der Waals surface area contributed by atoms with Crippen LogP contribution in [0.5, 0.6) is 11.5 Å². The van der Waals surface area contributed by atoms with Gasteiger partial charge in [0, 0.05) is 12.1 Å². The second-order valence-corrected chi connectivity index (χ2v) is 5.27. The predicted molar refractivity (Wildman–Crippen MR) is 71.2 cm³/mol. The molecule has 0 amide bonds. The zero-order valence-electron chi connectivity index (χ0n) is 10.9. The van der Waals surface area contributed by atoms with Crippen molar-refractivity contribution in [1.82, 2.24) is 5.32 Å². The topological polar surface area (TPSA) is 30.5 Å². The normalized spacial score (nSPS) is 20.9. The zero-order chi connectivity index (χ0) is 12.4. The lowest BCUT2D eigenvalue weighted by molar-refractivity contribution is 0.171. The molecule has 1 aromatic carbocycles. The Labute approximate surface area is 108 Å². The Morgan fingerprint density at radius 3 is 2.61 bits per heavy atom. The van der Waals surface area contributed by atoms with Crippen LogP contribution in [0.4, 0.5) is 0 Å². The Morgan fingerprint density at radius 1 is 1.11 bits per heavy atom. The molecule has 1 aromatic rings.